The second-order valence-corrected chi connectivity index (χ2v) is 7.38. The monoisotopic (exact) mass is 401 g/mol. The van der Waals surface area contributed by atoms with Gasteiger partial charge in [-0.2, -0.15) is 13.2 Å². The summed E-state index contributed by atoms with van der Waals surface area (Å²) in [5, 5.41) is 2.68. The third-order valence-corrected chi connectivity index (χ3v) is 5.44. The smallest absolute Gasteiger partial charge is 0.406 e. The number of urea groups is 1. The first-order valence-electron chi connectivity index (χ1n) is 9.13. The summed E-state index contributed by atoms with van der Waals surface area (Å²) in [6, 6.07) is 2.21. The maximum Gasteiger partial charge on any atom is 0.406 e. The zero-order valence-corrected chi connectivity index (χ0v) is 15.4. The number of amides is 4. The van der Waals surface area contributed by atoms with Crippen molar-refractivity contribution in [3.8, 4) is 0 Å². The molecule has 28 heavy (non-hydrogen) atoms. The zero-order chi connectivity index (χ0) is 20.5. The van der Waals surface area contributed by atoms with Gasteiger partial charge in [0.1, 0.15) is 24.4 Å². The van der Waals surface area contributed by atoms with E-state index in [-0.39, 0.29) is 11.7 Å². The fourth-order valence-electron chi connectivity index (χ4n) is 3.91. The lowest BCUT2D eigenvalue weighted by Crippen LogP contribution is -2.54. The number of carbonyl (C=O) groups excluding carboxylic acids is 3. The van der Waals surface area contributed by atoms with Gasteiger partial charge in [-0.25, -0.2) is 4.79 Å². The van der Waals surface area contributed by atoms with Gasteiger partial charge in [0.05, 0.1) is 12.8 Å². The van der Waals surface area contributed by atoms with Crippen LogP contribution >= 0.6 is 0 Å². The number of alkyl halides is 3. The molecule has 3 rings (SSSR count). The van der Waals surface area contributed by atoms with E-state index in [9.17, 15) is 27.6 Å². The van der Waals surface area contributed by atoms with E-state index in [1.54, 1.807) is 0 Å². The predicted molar refractivity (Wildman–Crippen MR) is 90.8 cm³/mol. The molecular weight excluding hydrogens is 379 g/mol. The molecule has 1 aliphatic carbocycles. The minimum Gasteiger partial charge on any atom is -0.467 e. The number of furan rings is 1. The summed E-state index contributed by atoms with van der Waals surface area (Å²) < 4.78 is 43.8. The molecule has 1 aromatic heterocycles. The molecule has 10 heteroatoms. The number of rotatable bonds is 5. The van der Waals surface area contributed by atoms with E-state index in [2.05, 4.69) is 5.32 Å². The molecule has 1 saturated heterocycles. The lowest BCUT2D eigenvalue weighted by Gasteiger charge is -2.36. The third-order valence-electron chi connectivity index (χ3n) is 5.44. The van der Waals surface area contributed by atoms with Crippen molar-refractivity contribution in [1.82, 2.24) is 15.1 Å². The molecule has 7 nitrogen and oxygen atoms in total. The lowest BCUT2D eigenvalue weighted by atomic mass is 9.73. The number of imide groups is 1. The Hall–Kier alpha value is -2.52. The summed E-state index contributed by atoms with van der Waals surface area (Å²) in [4.78, 5) is 39.1. The van der Waals surface area contributed by atoms with Crippen LogP contribution in [0.5, 0.6) is 0 Å². The van der Waals surface area contributed by atoms with Gasteiger partial charge >= 0.3 is 12.2 Å². The highest BCUT2D eigenvalue weighted by Crippen LogP contribution is 2.38. The van der Waals surface area contributed by atoms with Crippen LogP contribution in [0, 0.1) is 5.92 Å². The van der Waals surface area contributed by atoms with Crippen LogP contribution in [0.25, 0.3) is 0 Å². The van der Waals surface area contributed by atoms with Gasteiger partial charge in [-0.1, -0.05) is 19.8 Å². The highest BCUT2D eigenvalue weighted by Gasteiger charge is 2.55. The van der Waals surface area contributed by atoms with Crippen molar-refractivity contribution in [2.24, 2.45) is 5.92 Å². The molecule has 0 radical (unpaired) electrons. The van der Waals surface area contributed by atoms with Gasteiger partial charge in [-0.05, 0) is 30.9 Å². The van der Waals surface area contributed by atoms with Gasteiger partial charge in [0.15, 0.2) is 0 Å². The number of nitrogens with one attached hydrogen (secondary N) is 1. The van der Waals surface area contributed by atoms with E-state index in [1.165, 1.54) is 18.4 Å². The maximum atomic E-state index is 12.9. The van der Waals surface area contributed by atoms with Crippen LogP contribution in [0.4, 0.5) is 18.0 Å². The molecule has 0 unspecified atom stereocenters. The van der Waals surface area contributed by atoms with Gasteiger partial charge in [0, 0.05) is 0 Å². The second-order valence-electron chi connectivity index (χ2n) is 7.38. The topological polar surface area (TPSA) is 82.9 Å². The standard InChI is InChI=1S/C18H22F3N3O4/c1-12-5-2-3-7-17(12)15(26)24(16(27)22-17)10-14(25)23(11-18(19,20)21)9-13-6-4-8-28-13/h4,6,8,12H,2-3,5,7,9-11H2,1H3,(H,22,27)/t12-,17-/m1/s1. The largest absolute Gasteiger partial charge is 0.467 e. The second kappa shape index (κ2) is 7.48. The van der Waals surface area contributed by atoms with Crippen LogP contribution in [0.2, 0.25) is 0 Å². The van der Waals surface area contributed by atoms with Crippen molar-refractivity contribution in [1.29, 1.82) is 0 Å². The Labute approximate surface area is 159 Å². The fraction of sp³-hybridized carbons (Fsp3) is 0.611. The zero-order valence-electron chi connectivity index (χ0n) is 15.4. The lowest BCUT2D eigenvalue weighted by molar-refractivity contribution is -0.163. The fourth-order valence-corrected chi connectivity index (χ4v) is 3.91. The Balaban J connectivity index is 1.75. The summed E-state index contributed by atoms with van der Waals surface area (Å²) in [5.74, 6) is -1.44. The normalized spacial score (nSPS) is 25.3. The summed E-state index contributed by atoms with van der Waals surface area (Å²) in [7, 11) is 0. The SMILES string of the molecule is C[C@@H]1CCCC[C@@]12NC(=O)N(CC(=O)N(Cc1ccco1)CC(F)(F)F)C2=O. The summed E-state index contributed by atoms with van der Waals surface area (Å²) in [6.07, 6.45) is -0.422. The van der Waals surface area contributed by atoms with Crippen LogP contribution in [0.1, 0.15) is 38.4 Å². The average Bonchev–Trinajstić information content (AvgIpc) is 3.19. The van der Waals surface area contributed by atoms with Gasteiger partial charge in [-0.15, -0.1) is 0 Å². The van der Waals surface area contributed by atoms with Crippen molar-refractivity contribution in [2.75, 3.05) is 13.1 Å². The average molecular weight is 401 g/mol. The molecule has 1 aromatic rings. The molecule has 0 aromatic carbocycles. The molecule has 2 heterocycles. The Morgan fingerprint density at radius 2 is 2.14 bits per heavy atom. The molecule has 1 saturated carbocycles. The first-order valence-corrected chi connectivity index (χ1v) is 9.13. The maximum absolute atomic E-state index is 12.9. The molecule has 2 aliphatic rings. The Kier molecular flexibility index (Phi) is 5.40. The molecule has 2 fully saturated rings. The van der Waals surface area contributed by atoms with Crippen molar-refractivity contribution in [3.63, 3.8) is 0 Å². The summed E-state index contributed by atoms with van der Waals surface area (Å²) >= 11 is 0. The predicted octanol–water partition coefficient (Wildman–Crippen LogP) is 2.67. The minimum absolute atomic E-state index is 0.104. The molecule has 2 atom stereocenters. The Morgan fingerprint density at radius 3 is 2.75 bits per heavy atom. The third kappa shape index (κ3) is 4.00. The van der Waals surface area contributed by atoms with Crippen molar-refractivity contribution >= 4 is 17.8 Å². The first-order chi connectivity index (χ1) is 13.1. The van der Waals surface area contributed by atoms with Crippen molar-refractivity contribution in [3.05, 3.63) is 24.2 Å². The number of carbonyl (C=O) groups is 3. The van der Waals surface area contributed by atoms with E-state index in [1.807, 2.05) is 6.92 Å². The van der Waals surface area contributed by atoms with Gasteiger partial charge in [-0.3, -0.25) is 14.5 Å². The molecule has 154 valence electrons. The Bertz CT molecular complexity index is 750. The van der Waals surface area contributed by atoms with Gasteiger partial charge in [0.25, 0.3) is 5.91 Å². The number of halogens is 3. The van der Waals surface area contributed by atoms with Gasteiger partial charge in [0.2, 0.25) is 5.91 Å². The van der Waals surface area contributed by atoms with Crippen LogP contribution < -0.4 is 5.32 Å². The highest BCUT2D eigenvalue weighted by molar-refractivity contribution is 6.09. The number of hydrogen-bond acceptors (Lipinski definition) is 4. The van der Waals surface area contributed by atoms with E-state index < -0.39 is 49.2 Å². The highest BCUT2D eigenvalue weighted by atomic mass is 19.4. The number of hydrogen-bond donors (Lipinski definition) is 1. The van der Waals surface area contributed by atoms with Crippen LogP contribution in [-0.2, 0) is 16.1 Å². The first kappa shape index (κ1) is 20.2. The minimum atomic E-state index is -4.63. The van der Waals surface area contributed by atoms with E-state index in [4.69, 9.17) is 4.42 Å². The van der Waals surface area contributed by atoms with E-state index in [0.29, 0.717) is 11.3 Å². The molecule has 4 amide bonds. The van der Waals surface area contributed by atoms with Crippen LogP contribution in [-0.4, -0.2) is 52.5 Å². The molecule has 1 aliphatic heterocycles. The molecule has 0 bridgehead atoms. The van der Waals surface area contributed by atoms with Crippen LogP contribution in [0.3, 0.4) is 0 Å². The van der Waals surface area contributed by atoms with Crippen LogP contribution in [0.15, 0.2) is 22.8 Å². The van der Waals surface area contributed by atoms with Gasteiger partial charge < -0.3 is 14.6 Å². The van der Waals surface area contributed by atoms with Crippen molar-refractivity contribution < 1.29 is 32.0 Å². The quantitative estimate of drug-likeness (QED) is 0.769. The summed E-state index contributed by atoms with van der Waals surface area (Å²) in [5.41, 5.74) is -1.06. The van der Waals surface area contributed by atoms with E-state index in [0.717, 1.165) is 24.2 Å². The summed E-state index contributed by atoms with van der Waals surface area (Å²) in [6.45, 7) is -0.792. The Morgan fingerprint density at radius 1 is 1.39 bits per heavy atom. The van der Waals surface area contributed by atoms with E-state index >= 15 is 0 Å². The number of nitrogens with zero attached hydrogens (tertiary/aromatic N) is 2. The molecule has 1 N–H and O–H groups in total. The molecular formula is C18H22F3N3O4. The van der Waals surface area contributed by atoms with Crippen molar-refractivity contribution in [2.45, 2.75) is 50.9 Å². The molecule has 1 spiro atoms.